The number of rotatable bonds is 7. The summed E-state index contributed by atoms with van der Waals surface area (Å²) in [5.74, 6) is -0.521. The summed E-state index contributed by atoms with van der Waals surface area (Å²) < 4.78 is 11.6. The molecule has 1 unspecified atom stereocenters. The molecule has 0 saturated carbocycles. The quantitative estimate of drug-likeness (QED) is 0.566. The Labute approximate surface area is 198 Å². The molecule has 0 aromatic heterocycles. The molecule has 1 fully saturated rings. The van der Waals surface area contributed by atoms with E-state index in [9.17, 15) is 9.59 Å². The van der Waals surface area contributed by atoms with Gasteiger partial charge in [-0.2, -0.15) is 0 Å². The topological polar surface area (TPSA) is 79.9 Å². The molecule has 3 aromatic rings. The molecule has 2 heterocycles. The van der Waals surface area contributed by atoms with E-state index in [0.29, 0.717) is 23.4 Å². The van der Waals surface area contributed by atoms with E-state index in [1.165, 1.54) is 0 Å². The van der Waals surface area contributed by atoms with Gasteiger partial charge in [-0.25, -0.2) is 0 Å². The van der Waals surface area contributed by atoms with Gasteiger partial charge in [-0.15, -0.1) is 0 Å². The van der Waals surface area contributed by atoms with E-state index in [4.69, 9.17) is 9.47 Å². The standard InChI is InChI=1S/C27H27N3O4/c31-25(20-9-5-2-6-10-20)28-22-12-11-21(19-7-3-1-4-8-19)23-24(22)26(32)29-27(23)34-18-15-30-13-16-33-17-14-30/h1-12,27H,13-18H2,(H,28,31)(H,29,32). The van der Waals surface area contributed by atoms with Crippen molar-refractivity contribution >= 4 is 17.5 Å². The van der Waals surface area contributed by atoms with Crippen LogP contribution in [0.15, 0.2) is 72.8 Å². The lowest BCUT2D eigenvalue weighted by Gasteiger charge is -2.27. The van der Waals surface area contributed by atoms with Gasteiger partial charge in [-0.1, -0.05) is 54.6 Å². The molecular formula is C27H27N3O4. The maximum atomic E-state index is 13.1. The first-order chi connectivity index (χ1) is 16.7. The zero-order chi connectivity index (χ0) is 23.3. The van der Waals surface area contributed by atoms with Crippen LogP contribution in [0.3, 0.4) is 0 Å². The Balaban J connectivity index is 1.44. The number of benzene rings is 3. The van der Waals surface area contributed by atoms with Crippen LogP contribution in [-0.4, -0.2) is 56.2 Å². The lowest BCUT2D eigenvalue weighted by Crippen LogP contribution is -2.38. The van der Waals surface area contributed by atoms with Crippen LogP contribution in [0.5, 0.6) is 0 Å². The first-order valence-electron chi connectivity index (χ1n) is 11.5. The van der Waals surface area contributed by atoms with Crippen molar-refractivity contribution in [2.24, 2.45) is 0 Å². The molecule has 174 valence electrons. The molecule has 0 bridgehead atoms. The second-order valence-electron chi connectivity index (χ2n) is 8.31. The van der Waals surface area contributed by atoms with Gasteiger partial charge in [-0.05, 0) is 29.3 Å². The van der Waals surface area contributed by atoms with Gasteiger partial charge >= 0.3 is 0 Å². The fourth-order valence-electron chi connectivity index (χ4n) is 4.41. The third-order valence-electron chi connectivity index (χ3n) is 6.16. The van der Waals surface area contributed by atoms with Crippen LogP contribution in [-0.2, 0) is 9.47 Å². The molecule has 34 heavy (non-hydrogen) atoms. The van der Waals surface area contributed by atoms with Gasteiger partial charge in [0.25, 0.3) is 11.8 Å². The van der Waals surface area contributed by atoms with Crippen molar-refractivity contribution in [3.05, 3.63) is 89.5 Å². The average Bonchev–Trinajstić information content (AvgIpc) is 3.22. The summed E-state index contributed by atoms with van der Waals surface area (Å²) >= 11 is 0. The van der Waals surface area contributed by atoms with Crippen molar-refractivity contribution in [2.75, 3.05) is 44.8 Å². The molecule has 0 radical (unpaired) electrons. The van der Waals surface area contributed by atoms with Gasteiger partial charge < -0.3 is 20.1 Å². The van der Waals surface area contributed by atoms with E-state index in [1.54, 1.807) is 18.2 Å². The molecule has 3 aromatic carbocycles. The van der Waals surface area contributed by atoms with Gasteiger partial charge in [0, 0.05) is 30.8 Å². The molecule has 5 rings (SSSR count). The third-order valence-corrected chi connectivity index (χ3v) is 6.16. The molecule has 0 aliphatic carbocycles. The molecule has 0 spiro atoms. The number of nitrogens with zero attached hydrogens (tertiary/aromatic N) is 1. The molecule has 2 N–H and O–H groups in total. The van der Waals surface area contributed by atoms with Crippen molar-refractivity contribution in [1.82, 2.24) is 10.2 Å². The van der Waals surface area contributed by atoms with Crippen LogP contribution < -0.4 is 10.6 Å². The Morgan fingerprint density at radius 2 is 1.71 bits per heavy atom. The Kier molecular flexibility index (Phi) is 6.67. The van der Waals surface area contributed by atoms with Crippen LogP contribution in [0.2, 0.25) is 0 Å². The summed E-state index contributed by atoms with van der Waals surface area (Å²) in [6.07, 6.45) is -0.590. The van der Waals surface area contributed by atoms with E-state index in [1.807, 2.05) is 54.6 Å². The van der Waals surface area contributed by atoms with Crippen LogP contribution >= 0.6 is 0 Å². The Hall–Kier alpha value is -3.52. The zero-order valence-corrected chi connectivity index (χ0v) is 18.8. The fourth-order valence-corrected chi connectivity index (χ4v) is 4.41. The number of hydrogen-bond donors (Lipinski definition) is 2. The SMILES string of the molecule is O=C(Nc1ccc(-c2ccccc2)c2c1C(=O)NC2OCCN1CCOCC1)c1ccccc1. The van der Waals surface area contributed by atoms with Gasteiger partial charge in [0.15, 0.2) is 6.23 Å². The van der Waals surface area contributed by atoms with E-state index in [-0.39, 0.29) is 11.8 Å². The number of nitrogens with one attached hydrogen (secondary N) is 2. The Morgan fingerprint density at radius 1 is 1.00 bits per heavy atom. The van der Waals surface area contributed by atoms with E-state index >= 15 is 0 Å². The second-order valence-corrected chi connectivity index (χ2v) is 8.31. The maximum Gasteiger partial charge on any atom is 0.256 e. The monoisotopic (exact) mass is 457 g/mol. The van der Waals surface area contributed by atoms with Crippen molar-refractivity contribution in [3.63, 3.8) is 0 Å². The molecule has 7 heteroatoms. The molecule has 2 amide bonds. The summed E-state index contributed by atoms with van der Waals surface area (Å²) in [6, 6.07) is 22.6. The third kappa shape index (κ3) is 4.72. The molecule has 1 saturated heterocycles. The highest BCUT2D eigenvalue weighted by Gasteiger charge is 2.35. The normalized spacial score (nSPS) is 17.8. The lowest BCUT2D eigenvalue weighted by molar-refractivity contribution is -0.00445. The fraction of sp³-hybridized carbons (Fsp3) is 0.259. The Bertz CT molecular complexity index is 1160. The van der Waals surface area contributed by atoms with Gasteiger partial charge in [0.2, 0.25) is 0 Å². The van der Waals surface area contributed by atoms with Crippen molar-refractivity contribution < 1.29 is 19.1 Å². The van der Waals surface area contributed by atoms with Crippen LogP contribution in [0.4, 0.5) is 5.69 Å². The van der Waals surface area contributed by atoms with Gasteiger partial charge in [-0.3, -0.25) is 14.5 Å². The van der Waals surface area contributed by atoms with E-state index in [0.717, 1.165) is 49.5 Å². The van der Waals surface area contributed by atoms with Crippen LogP contribution in [0.25, 0.3) is 11.1 Å². The number of morpholine rings is 1. The van der Waals surface area contributed by atoms with Gasteiger partial charge in [0.05, 0.1) is 31.1 Å². The summed E-state index contributed by atoms with van der Waals surface area (Å²) in [7, 11) is 0. The molecule has 1 atom stereocenters. The highest BCUT2D eigenvalue weighted by atomic mass is 16.5. The largest absolute Gasteiger partial charge is 0.379 e. The minimum Gasteiger partial charge on any atom is -0.379 e. The van der Waals surface area contributed by atoms with Crippen LogP contribution in [0.1, 0.15) is 32.5 Å². The Morgan fingerprint density at radius 3 is 2.44 bits per heavy atom. The van der Waals surface area contributed by atoms with Crippen molar-refractivity contribution in [3.8, 4) is 11.1 Å². The molecular weight excluding hydrogens is 430 g/mol. The highest BCUT2D eigenvalue weighted by molar-refractivity contribution is 6.12. The number of ether oxygens (including phenoxy) is 2. The molecule has 2 aliphatic heterocycles. The minimum atomic E-state index is -0.590. The number of carbonyl (C=O) groups is 2. The minimum absolute atomic E-state index is 0.257. The smallest absolute Gasteiger partial charge is 0.256 e. The zero-order valence-electron chi connectivity index (χ0n) is 18.8. The number of anilines is 1. The van der Waals surface area contributed by atoms with Crippen molar-refractivity contribution in [1.29, 1.82) is 0 Å². The number of carbonyl (C=O) groups excluding carboxylic acids is 2. The molecule has 7 nitrogen and oxygen atoms in total. The van der Waals surface area contributed by atoms with Gasteiger partial charge in [0.1, 0.15) is 0 Å². The average molecular weight is 458 g/mol. The second kappa shape index (κ2) is 10.2. The lowest BCUT2D eigenvalue weighted by atomic mass is 9.94. The van der Waals surface area contributed by atoms with Crippen LogP contribution in [0, 0.1) is 0 Å². The summed E-state index contributed by atoms with van der Waals surface area (Å²) in [5, 5.41) is 5.88. The predicted molar refractivity (Wildman–Crippen MR) is 130 cm³/mol. The summed E-state index contributed by atoms with van der Waals surface area (Å²) in [4.78, 5) is 28.2. The summed E-state index contributed by atoms with van der Waals surface area (Å²) in [6.45, 7) is 4.44. The number of fused-ring (bicyclic) bond motifs is 1. The number of hydrogen-bond acceptors (Lipinski definition) is 5. The predicted octanol–water partition coefficient (Wildman–Crippen LogP) is 3.70. The first-order valence-corrected chi connectivity index (χ1v) is 11.5. The highest BCUT2D eigenvalue weighted by Crippen LogP contribution is 2.39. The maximum absolute atomic E-state index is 13.1. The molecule has 2 aliphatic rings. The van der Waals surface area contributed by atoms with E-state index in [2.05, 4.69) is 15.5 Å². The summed E-state index contributed by atoms with van der Waals surface area (Å²) in [5.41, 5.74) is 4.09. The van der Waals surface area contributed by atoms with Crippen molar-refractivity contribution in [2.45, 2.75) is 6.23 Å². The van der Waals surface area contributed by atoms with E-state index < -0.39 is 6.23 Å². The number of amides is 2. The first kappa shape index (κ1) is 22.3.